The van der Waals surface area contributed by atoms with Gasteiger partial charge in [-0.2, -0.15) is 0 Å². The Morgan fingerprint density at radius 2 is 1.39 bits per heavy atom. The molecule has 10 amide bonds. The number of aromatic amines is 1. The van der Waals surface area contributed by atoms with Gasteiger partial charge < -0.3 is 88.5 Å². The van der Waals surface area contributed by atoms with E-state index < -0.39 is 176 Å². The molecule has 1 aromatic heterocycles. The fourth-order valence-electron chi connectivity index (χ4n) is 8.75. The summed E-state index contributed by atoms with van der Waals surface area (Å²) in [5.41, 5.74) is 2.23. The molecule has 0 bridgehead atoms. The van der Waals surface area contributed by atoms with Crippen molar-refractivity contribution in [3.8, 4) is 0 Å². The Morgan fingerprint density at radius 3 is 1.98 bits per heavy atom. The van der Waals surface area contributed by atoms with Crippen molar-refractivity contribution in [2.75, 3.05) is 57.4 Å². The van der Waals surface area contributed by atoms with Gasteiger partial charge in [0.1, 0.15) is 41.5 Å². The second-order valence-corrected chi connectivity index (χ2v) is 23.0. The summed E-state index contributed by atoms with van der Waals surface area (Å²) in [4.78, 5) is 151. The number of anilines is 1. The normalized spacial score (nSPS) is 22.0. The number of aryl methyl sites for hydroxylation is 1. The van der Waals surface area contributed by atoms with Crippen LogP contribution in [0.3, 0.4) is 0 Å². The zero-order chi connectivity index (χ0) is 65.1. The molecule has 0 spiro atoms. The molecule has 3 aromatic rings. The molecule has 87 heavy (non-hydrogen) atoms. The zero-order valence-corrected chi connectivity index (χ0v) is 51.9. The topological polar surface area (TPSA) is 417 Å². The van der Waals surface area contributed by atoms with Gasteiger partial charge in [-0.1, -0.05) is 91.6 Å². The highest BCUT2D eigenvalue weighted by atomic mass is 32.2. The molecule has 0 aliphatic carbocycles. The Bertz CT molecular complexity index is 2850. The van der Waals surface area contributed by atoms with Crippen molar-refractivity contribution in [1.29, 1.82) is 0 Å². The quantitative estimate of drug-likeness (QED) is 0.0598. The first-order valence-corrected chi connectivity index (χ1v) is 30.3. The minimum atomic E-state index is -2.08. The van der Waals surface area contributed by atoms with Gasteiger partial charge >= 0.3 is 0 Å². The lowest BCUT2D eigenvalue weighted by atomic mass is 9.94. The molecule has 15 N–H and O–H groups in total. The molecular weight excluding hydrogens is 1150 g/mol. The van der Waals surface area contributed by atoms with Crippen LogP contribution in [0.4, 0.5) is 5.69 Å². The van der Waals surface area contributed by atoms with Gasteiger partial charge in [0.05, 0.1) is 74.0 Å². The third-order valence-electron chi connectivity index (χ3n) is 14.1. The number of hydrogen-bond donors (Lipinski definition) is 15. The molecule has 2 fully saturated rings. The van der Waals surface area contributed by atoms with Crippen LogP contribution in [0.1, 0.15) is 92.2 Å². The minimum absolute atomic E-state index is 0.111. The monoisotopic (exact) mass is 1240 g/mol. The SMILES string of the molecule is CC(C)NCC=O.CCC.CCC(C)C1NC(=O)CNC(=O)CNC(=O)C([C@@H](C)C(O)CO)NC(=O)C2C[C@@H](O)CN2C(=O)C(CC(=O)NCc2ccc(NC(=O)C(C)NC)cc2)NC(=O)[C@H](CS(=O)c2[nH]c3ccccc3c2C)NC(=O)CNC1=O. The highest BCUT2D eigenvalue weighted by Crippen LogP contribution is 2.25. The molecule has 2 aromatic carbocycles. The van der Waals surface area contributed by atoms with Crippen LogP contribution in [0.25, 0.3) is 10.9 Å². The summed E-state index contributed by atoms with van der Waals surface area (Å²) in [6, 6.07) is 5.33. The fourth-order valence-corrected chi connectivity index (χ4v) is 10.1. The predicted molar refractivity (Wildman–Crippen MR) is 324 cm³/mol. The number of likely N-dealkylation sites (N-methyl/N-ethyl adjacent to an activating group) is 1. The van der Waals surface area contributed by atoms with Crippen molar-refractivity contribution in [2.24, 2.45) is 11.8 Å². The number of nitrogens with one attached hydrogen (secondary N) is 12. The molecule has 8 unspecified atom stereocenters. The molecule has 28 nitrogen and oxygen atoms in total. The van der Waals surface area contributed by atoms with Crippen LogP contribution in [0, 0.1) is 18.8 Å². The summed E-state index contributed by atoms with van der Waals surface area (Å²) < 4.78 is 14.3. The molecule has 29 heteroatoms. The second kappa shape index (κ2) is 37.1. The van der Waals surface area contributed by atoms with Crippen LogP contribution in [-0.2, 0) is 70.1 Å². The van der Waals surface area contributed by atoms with E-state index in [1.165, 1.54) is 13.3 Å². The highest BCUT2D eigenvalue weighted by Gasteiger charge is 2.44. The van der Waals surface area contributed by atoms with E-state index in [1.54, 1.807) is 83.3 Å². The van der Waals surface area contributed by atoms with E-state index >= 15 is 0 Å². The van der Waals surface area contributed by atoms with Crippen LogP contribution in [0.15, 0.2) is 53.6 Å². The van der Waals surface area contributed by atoms with Crippen molar-refractivity contribution in [3.05, 3.63) is 59.7 Å². The van der Waals surface area contributed by atoms with Crippen molar-refractivity contribution >= 4 is 92.7 Å². The fraction of sp³-hybridized carbons (Fsp3) is 0.569. The maximum atomic E-state index is 14.9. The third-order valence-corrected chi connectivity index (χ3v) is 15.6. The molecule has 0 saturated carbocycles. The average molecular weight is 1240 g/mol. The van der Waals surface area contributed by atoms with Crippen molar-refractivity contribution in [2.45, 2.75) is 154 Å². The van der Waals surface area contributed by atoms with E-state index in [9.17, 15) is 72.3 Å². The Hall–Kier alpha value is -7.70. The van der Waals surface area contributed by atoms with E-state index in [2.05, 4.69) is 77.3 Å². The van der Waals surface area contributed by atoms with Crippen LogP contribution < -0.4 is 58.5 Å². The Labute approximate surface area is 509 Å². The molecule has 0 radical (unpaired) electrons. The lowest BCUT2D eigenvalue weighted by Gasteiger charge is -2.32. The number of nitrogens with zero attached hydrogens (tertiary/aromatic N) is 1. The standard InChI is InChI=1S/C50H70N12O14S.C5H11NO.C3H8/c1-7-25(2)42-47(73)55-21-40(68)57-35(24-77(76)49-26(3)32-10-8-9-11-33(32)59-49)45(71)58-34(17-38(66)52-18-29-12-14-30(15-13-29)56-44(70)28(5)51-6)50(75)62-22-31(64)16-36(62)46(72)61-43(27(4)37(65)23-63)48(74)54-19-39(67)53-20-41(69)60-42;1-5(2)6-3-4-7;1-3-2/h8-15,25,27-28,31,34-37,42-43,51,59,63-65H,7,16-24H2,1-6H3,(H,52,66)(H,53,67)(H,54,74)(H,55,73)(H,56,70)(H,57,68)(H,58,71)(H,60,69)(H,61,72);4-6H,3H2,1-2H3;3H2,1-2H3/t25?,27-,28?,31+,34?,35-,36?,37?,42?,43?,77?;;/m0../s1. The maximum absolute atomic E-state index is 14.9. The first-order valence-electron chi connectivity index (χ1n) is 29.0. The summed E-state index contributed by atoms with van der Waals surface area (Å²) in [7, 11) is -0.452. The van der Waals surface area contributed by atoms with Crippen molar-refractivity contribution in [3.63, 3.8) is 0 Å². The number of rotatable bonds is 18. The van der Waals surface area contributed by atoms with Gasteiger partial charge in [0.2, 0.25) is 59.1 Å². The second-order valence-electron chi connectivity index (χ2n) is 21.6. The summed E-state index contributed by atoms with van der Waals surface area (Å²) >= 11 is 0. The summed E-state index contributed by atoms with van der Waals surface area (Å²) in [5.74, 6) is -11.3. The number of amides is 10. The molecule has 2 aliphatic rings. The predicted octanol–water partition coefficient (Wildman–Crippen LogP) is -2.26. The van der Waals surface area contributed by atoms with E-state index in [0.29, 0.717) is 41.3 Å². The zero-order valence-electron chi connectivity index (χ0n) is 51.1. The molecule has 482 valence electrons. The van der Waals surface area contributed by atoms with Crippen molar-refractivity contribution in [1.82, 2.24) is 63.1 Å². The largest absolute Gasteiger partial charge is 0.394 e. The van der Waals surface area contributed by atoms with Gasteiger partial charge in [0.15, 0.2) is 0 Å². The average Bonchev–Trinajstić information content (AvgIpc) is 4.29. The van der Waals surface area contributed by atoms with Crippen LogP contribution in [0.5, 0.6) is 0 Å². The van der Waals surface area contributed by atoms with Gasteiger partial charge in [0.25, 0.3) is 0 Å². The number of hydrogen-bond acceptors (Lipinski definition) is 17. The number of aldehydes is 1. The Kier molecular flexibility index (Phi) is 31.4. The van der Waals surface area contributed by atoms with Crippen LogP contribution in [-0.4, -0.2) is 201 Å². The molecular formula is C58H89N13O15S. The summed E-state index contributed by atoms with van der Waals surface area (Å²) in [6.45, 7) is 13.1. The summed E-state index contributed by atoms with van der Waals surface area (Å²) in [6.07, 6.45) is -1.72. The number of aliphatic hydroxyl groups excluding tert-OH is 3. The number of para-hydroxylation sites is 1. The maximum Gasteiger partial charge on any atom is 0.246 e. The van der Waals surface area contributed by atoms with Gasteiger partial charge in [-0.05, 0) is 56.1 Å². The number of carbonyl (C=O) groups excluding carboxylic acids is 11. The van der Waals surface area contributed by atoms with Gasteiger partial charge in [0, 0.05) is 48.1 Å². The smallest absolute Gasteiger partial charge is 0.246 e. The molecule has 3 heterocycles. The Morgan fingerprint density at radius 1 is 0.782 bits per heavy atom. The number of aromatic nitrogens is 1. The van der Waals surface area contributed by atoms with E-state index in [0.717, 1.165) is 16.6 Å². The van der Waals surface area contributed by atoms with E-state index in [1.807, 2.05) is 13.8 Å². The summed E-state index contributed by atoms with van der Waals surface area (Å²) in [5, 5.41) is 60.5. The Balaban J connectivity index is 0.00000182. The first-order chi connectivity index (χ1) is 41.2. The molecule has 11 atom stereocenters. The van der Waals surface area contributed by atoms with Crippen molar-refractivity contribution < 1.29 is 72.3 Å². The molecule has 2 saturated heterocycles. The lowest BCUT2D eigenvalue weighted by molar-refractivity contribution is -0.144. The number of aliphatic hydroxyl groups is 3. The number of H-pyrrole nitrogens is 1. The highest BCUT2D eigenvalue weighted by molar-refractivity contribution is 7.85. The number of carbonyl (C=O) groups is 11. The van der Waals surface area contributed by atoms with Gasteiger partial charge in [-0.15, -0.1) is 0 Å². The van der Waals surface area contributed by atoms with E-state index in [4.69, 9.17) is 0 Å². The van der Waals surface area contributed by atoms with Crippen LogP contribution in [0.2, 0.25) is 0 Å². The first kappa shape index (κ1) is 73.6. The molecule has 5 rings (SSSR count). The lowest BCUT2D eigenvalue weighted by Crippen LogP contribution is -2.61. The molecule has 2 aliphatic heterocycles. The van der Waals surface area contributed by atoms with Gasteiger partial charge in [-0.3, -0.25) is 52.2 Å². The third kappa shape index (κ3) is 23.5. The number of fused-ring (bicyclic) bond motifs is 2. The van der Waals surface area contributed by atoms with E-state index in [-0.39, 0.29) is 17.5 Å². The van der Waals surface area contributed by atoms with Crippen LogP contribution >= 0.6 is 0 Å². The minimum Gasteiger partial charge on any atom is -0.394 e. The van der Waals surface area contributed by atoms with Gasteiger partial charge in [-0.25, -0.2) is 0 Å². The number of benzene rings is 2.